The van der Waals surface area contributed by atoms with Gasteiger partial charge in [-0.25, -0.2) is 0 Å². The van der Waals surface area contributed by atoms with Crippen LogP contribution < -0.4 is 4.74 Å². The summed E-state index contributed by atoms with van der Waals surface area (Å²) >= 11 is 0. The molecule has 0 atom stereocenters. The number of methoxy groups -OCH3 is 1. The standard InChI is InChI=1S/C13H16O3/c1-8(7-13(14)15)11-5-6-12(16-4)10(3)9(11)2/h5-6H,1,7H2,2-4H3,(H,14,15). The molecule has 0 aliphatic rings. The number of carbonyl (C=O) groups is 1. The van der Waals surface area contributed by atoms with Gasteiger partial charge in [-0.1, -0.05) is 12.6 Å². The minimum Gasteiger partial charge on any atom is -0.496 e. The van der Waals surface area contributed by atoms with E-state index >= 15 is 0 Å². The number of hydrogen-bond donors (Lipinski definition) is 1. The highest BCUT2D eigenvalue weighted by Gasteiger charge is 2.11. The van der Waals surface area contributed by atoms with Gasteiger partial charge >= 0.3 is 5.97 Å². The molecule has 0 aromatic heterocycles. The number of hydrogen-bond acceptors (Lipinski definition) is 2. The second kappa shape index (κ2) is 4.84. The van der Waals surface area contributed by atoms with E-state index in [9.17, 15) is 4.79 Å². The Morgan fingerprint density at radius 3 is 2.50 bits per heavy atom. The van der Waals surface area contributed by atoms with Crippen LogP contribution in [0.25, 0.3) is 5.57 Å². The predicted octanol–water partition coefficient (Wildman–Crippen LogP) is 2.80. The zero-order valence-corrected chi connectivity index (χ0v) is 9.83. The Balaban J connectivity index is 3.12. The summed E-state index contributed by atoms with van der Waals surface area (Å²) in [4.78, 5) is 10.6. The first-order chi connectivity index (χ1) is 7.47. The van der Waals surface area contributed by atoms with Gasteiger partial charge in [0.15, 0.2) is 0 Å². The molecule has 0 radical (unpaired) electrons. The Bertz CT molecular complexity index is 433. The quantitative estimate of drug-likeness (QED) is 0.848. The summed E-state index contributed by atoms with van der Waals surface area (Å²) < 4.78 is 5.20. The van der Waals surface area contributed by atoms with Crippen molar-refractivity contribution in [2.75, 3.05) is 7.11 Å². The Morgan fingerprint density at radius 1 is 1.38 bits per heavy atom. The third-order valence-corrected chi connectivity index (χ3v) is 2.70. The first-order valence-electron chi connectivity index (χ1n) is 5.01. The second-order valence-corrected chi connectivity index (χ2v) is 3.74. The smallest absolute Gasteiger partial charge is 0.307 e. The third-order valence-electron chi connectivity index (χ3n) is 2.70. The summed E-state index contributed by atoms with van der Waals surface area (Å²) in [5.74, 6) is -0.0535. The Labute approximate surface area is 95.4 Å². The summed E-state index contributed by atoms with van der Waals surface area (Å²) in [6.07, 6.45) is -0.0351. The molecule has 3 heteroatoms. The first-order valence-corrected chi connectivity index (χ1v) is 5.01. The molecule has 1 aromatic carbocycles. The van der Waals surface area contributed by atoms with Crippen LogP contribution in [0.1, 0.15) is 23.1 Å². The van der Waals surface area contributed by atoms with Gasteiger partial charge in [-0.05, 0) is 42.2 Å². The Hall–Kier alpha value is -1.77. The number of benzene rings is 1. The molecule has 0 bridgehead atoms. The summed E-state index contributed by atoms with van der Waals surface area (Å²) in [5, 5.41) is 8.72. The first kappa shape index (κ1) is 12.3. The van der Waals surface area contributed by atoms with E-state index in [1.807, 2.05) is 26.0 Å². The maximum absolute atomic E-state index is 10.6. The SMILES string of the molecule is C=C(CC(=O)O)c1ccc(OC)c(C)c1C. The summed E-state index contributed by atoms with van der Waals surface area (Å²) in [6, 6.07) is 3.69. The van der Waals surface area contributed by atoms with Crippen LogP contribution in [0, 0.1) is 13.8 Å². The van der Waals surface area contributed by atoms with Crippen molar-refractivity contribution in [3.8, 4) is 5.75 Å². The van der Waals surface area contributed by atoms with E-state index in [0.29, 0.717) is 5.57 Å². The van der Waals surface area contributed by atoms with Crippen LogP contribution in [-0.2, 0) is 4.79 Å². The van der Waals surface area contributed by atoms with Gasteiger partial charge in [0.05, 0.1) is 13.5 Å². The van der Waals surface area contributed by atoms with Gasteiger partial charge in [0.1, 0.15) is 5.75 Å². The predicted molar refractivity (Wildman–Crippen MR) is 63.8 cm³/mol. The van der Waals surface area contributed by atoms with E-state index in [1.54, 1.807) is 7.11 Å². The van der Waals surface area contributed by atoms with Crippen molar-refractivity contribution in [2.24, 2.45) is 0 Å². The molecule has 0 amide bonds. The minimum atomic E-state index is -0.863. The van der Waals surface area contributed by atoms with E-state index < -0.39 is 5.97 Å². The van der Waals surface area contributed by atoms with Gasteiger partial charge in [-0.3, -0.25) is 4.79 Å². The zero-order valence-electron chi connectivity index (χ0n) is 9.83. The van der Waals surface area contributed by atoms with Gasteiger partial charge in [0.2, 0.25) is 0 Å². The van der Waals surface area contributed by atoms with Crippen molar-refractivity contribution in [1.29, 1.82) is 0 Å². The van der Waals surface area contributed by atoms with E-state index in [2.05, 4.69) is 6.58 Å². The highest BCUT2D eigenvalue weighted by atomic mass is 16.5. The third kappa shape index (κ3) is 2.42. The van der Waals surface area contributed by atoms with Crippen LogP contribution in [0.3, 0.4) is 0 Å². The molecule has 16 heavy (non-hydrogen) atoms. The molecule has 0 unspecified atom stereocenters. The molecule has 0 saturated carbocycles. The molecular formula is C13H16O3. The van der Waals surface area contributed by atoms with Crippen LogP contribution in [-0.4, -0.2) is 18.2 Å². The highest BCUT2D eigenvalue weighted by Crippen LogP contribution is 2.28. The van der Waals surface area contributed by atoms with Crippen LogP contribution in [0.4, 0.5) is 0 Å². The van der Waals surface area contributed by atoms with Gasteiger partial charge < -0.3 is 9.84 Å². The number of carboxylic acid groups (broad SMARTS) is 1. The highest BCUT2D eigenvalue weighted by molar-refractivity contribution is 5.84. The normalized spacial score (nSPS) is 9.94. The summed E-state index contributed by atoms with van der Waals surface area (Å²) in [6.45, 7) is 7.70. The van der Waals surface area contributed by atoms with Crippen molar-refractivity contribution in [3.63, 3.8) is 0 Å². The molecule has 1 rings (SSSR count). The van der Waals surface area contributed by atoms with E-state index in [1.165, 1.54) is 0 Å². The number of rotatable bonds is 4. The molecule has 3 nitrogen and oxygen atoms in total. The second-order valence-electron chi connectivity index (χ2n) is 3.74. The molecule has 0 aliphatic heterocycles. The summed E-state index contributed by atoms with van der Waals surface area (Å²) in [5.41, 5.74) is 3.55. The average Bonchev–Trinajstić information content (AvgIpc) is 2.20. The molecule has 0 spiro atoms. The van der Waals surface area contributed by atoms with Gasteiger partial charge in [-0.2, -0.15) is 0 Å². The zero-order chi connectivity index (χ0) is 12.3. The van der Waals surface area contributed by atoms with E-state index in [4.69, 9.17) is 9.84 Å². The fourth-order valence-electron chi connectivity index (χ4n) is 1.68. The van der Waals surface area contributed by atoms with E-state index in [-0.39, 0.29) is 6.42 Å². The van der Waals surface area contributed by atoms with Crippen molar-refractivity contribution in [3.05, 3.63) is 35.4 Å². The average molecular weight is 220 g/mol. The maximum Gasteiger partial charge on any atom is 0.307 e. The van der Waals surface area contributed by atoms with E-state index in [0.717, 1.165) is 22.4 Å². The molecule has 1 N–H and O–H groups in total. The maximum atomic E-state index is 10.6. The lowest BCUT2D eigenvalue weighted by Crippen LogP contribution is -1.99. The molecule has 0 aliphatic carbocycles. The van der Waals surface area contributed by atoms with Gasteiger partial charge in [-0.15, -0.1) is 0 Å². The number of aliphatic carboxylic acids is 1. The van der Waals surface area contributed by atoms with Crippen LogP contribution >= 0.6 is 0 Å². The largest absolute Gasteiger partial charge is 0.496 e. The van der Waals surface area contributed by atoms with Crippen molar-refractivity contribution in [1.82, 2.24) is 0 Å². The van der Waals surface area contributed by atoms with Gasteiger partial charge in [0, 0.05) is 0 Å². The molecule has 0 heterocycles. The van der Waals surface area contributed by atoms with Crippen molar-refractivity contribution >= 4 is 11.5 Å². The summed E-state index contributed by atoms with van der Waals surface area (Å²) in [7, 11) is 1.62. The Kier molecular flexibility index (Phi) is 3.72. The molecule has 0 fully saturated rings. The van der Waals surface area contributed by atoms with Crippen LogP contribution in [0.2, 0.25) is 0 Å². The van der Waals surface area contributed by atoms with Crippen molar-refractivity contribution in [2.45, 2.75) is 20.3 Å². The molecular weight excluding hydrogens is 204 g/mol. The molecule has 0 saturated heterocycles. The lowest BCUT2D eigenvalue weighted by molar-refractivity contribution is -0.135. The monoisotopic (exact) mass is 220 g/mol. The lowest BCUT2D eigenvalue weighted by Gasteiger charge is -2.13. The Morgan fingerprint density at radius 2 is 2.00 bits per heavy atom. The minimum absolute atomic E-state index is 0.0351. The fourth-order valence-corrected chi connectivity index (χ4v) is 1.68. The fraction of sp³-hybridized carbons (Fsp3) is 0.308. The van der Waals surface area contributed by atoms with Crippen LogP contribution in [0.15, 0.2) is 18.7 Å². The molecule has 86 valence electrons. The topological polar surface area (TPSA) is 46.5 Å². The number of carboxylic acids is 1. The van der Waals surface area contributed by atoms with Crippen LogP contribution in [0.5, 0.6) is 5.75 Å². The van der Waals surface area contributed by atoms with Gasteiger partial charge in [0.25, 0.3) is 0 Å². The van der Waals surface area contributed by atoms with Crippen molar-refractivity contribution < 1.29 is 14.6 Å². The molecule has 1 aromatic rings. The lowest BCUT2D eigenvalue weighted by atomic mass is 9.95. The number of ether oxygens (including phenoxy) is 1.